The van der Waals surface area contributed by atoms with Gasteiger partial charge in [-0.2, -0.15) is 0 Å². The number of carbonyl (C=O) groups is 1. The summed E-state index contributed by atoms with van der Waals surface area (Å²) in [6.45, 7) is 4.50. The van der Waals surface area contributed by atoms with Crippen molar-refractivity contribution >= 4 is 21.8 Å². The van der Waals surface area contributed by atoms with E-state index in [2.05, 4.69) is 34.1 Å². The van der Waals surface area contributed by atoms with Gasteiger partial charge < -0.3 is 14.5 Å². The Bertz CT molecular complexity index is 712. The number of hydrogen-bond donors (Lipinski definition) is 1. The first-order chi connectivity index (χ1) is 11.7. The van der Waals surface area contributed by atoms with E-state index >= 15 is 0 Å². The Labute approximate surface area is 151 Å². The van der Waals surface area contributed by atoms with E-state index in [4.69, 9.17) is 4.74 Å². The van der Waals surface area contributed by atoms with Gasteiger partial charge >= 0.3 is 0 Å². The Morgan fingerprint density at radius 3 is 2.62 bits per heavy atom. The number of benzene rings is 2. The van der Waals surface area contributed by atoms with Gasteiger partial charge in [0.15, 0.2) is 0 Å². The number of halogens is 1. The molecule has 1 aliphatic rings. The summed E-state index contributed by atoms with van der Waals surface area (Å²) in [5.74, 6) is 0.813. The normalized spacial score (nSPS) is 15.3. The zero-order chi connectivity index (χ0) is 16.9. The Morgan fingerprint density at radius 1 is 1.17 bits per heavy atom. The molecule has 0 bridgehead atoms. The van der Waals surface area contributed by atoms with Gasteiger partial charge in [-0.1, -0.05) is 40.2 Å². The van der Waals surface area contributed by atoms with Crippen LogP contribution in [0.25, 0.3) is 0 Å². The molecule has 1 fully saturated rings. The molecule has 1 N–H and O–H groups in total. The monoisotopic (exact) mass is 389 g/mol. The Morgan fingerprint density at radius 2 is 1.92 bits per heavy atom. The summed E-state index contributed by atoms with van der Waals surface area (Å²) in [6.07, 6.45) is 0. The average molecular weight is 390 g/mol. The molecule has 0 atom stereocenters. The highest BCUT2D eigenvalue weighted by Gasteiger charge is 2.25. The first kappa shape index (κ1) is 17.0. The summed E-state index contributed by atoms with van der Waals surface area (Å²) in [5, 5.41) is 0. The fraction of sp³-hybridized carbons (Fsp3) is 0.316. The molecular weight excluding hydrogens is 368 g/mol. The molecule has 1 amide bonds. The van der Waals surface area contributed by atoms with Gasteiger partial charge in [-0.15, -0.1) is 0 Å². The minimum absolute atomic E-state index is 0.0915. The summed E-state index contributed by atoms with van der Waals surface area (Å²) >= 11 is 3.61. The second-order valence-corrected chi connectivity index (χ2v) is 6.90. The van der Waals surface area contributed by atoms with Crippen molar-refractivity contribution in [3.63, 3.8) is 0 Å². The second-order valence-electron chi connectivity index (χ2n) is 6.04. The van der Waals surface area contributed by atoms with Crippen LogP contribution in [0, 0.1) is 0 Å². The number of methoxy groups -OCH3 is 1. The van der Waals surface area contributed by atoms with Crippen LogP contribution in [0.3, 0.4) is 0 Å². The zero-order valence-corrected chi connectivity index (χ0v) is 15.4. The predicted octanol–water partition coefficient (Wildman–Crippen LogP) is 2.00. The third kappa shape index (κ3) is 3.97. The van der Waals surface area contributed by atoms with Crippen molar-refractivity contribution in [2.24, 2.45) is 0 Å². The number of carbonyl (C=O) groups excluding carboxylic acids is 1. The Hall–Kier alpha value is -1.85. The van der Waals surface area contributed by atoms with Gasteiger partial charge in [-0.3, -0.25) is 4.79 Å². The maximum atomic E-state index is 12.6. The fourth-order valence-corrected chi connectivity index (χ4v) is 3.48. The topological polar surface area (TPSA) is 34.0 Å². The highest BCUT2D eigenvalue weighted by atomic mass is 79.9. The first-order valence-electron chi connectivity index (χ1n) is 8.17. The standard InChI is InChI=1S/C19H21BrN2O2/c1-24-17-7-4-6-15(13-17)19(23)22-11-9-21(10-12-22)14-16-5-2-3-8-18(16)20/h2-8,13H,9-12,14H2,1H3/p+1. The maximum absolute atomic E-state index is 12.6. The molecule has 0 spiro atoms. The summed E-state index contributed by atoms with van der Waals surface area (Å²) in [7, 11) is 1.62. The van der Waals surface area contributed by atoms with Gasteiger partial charge in [0.1, 0.15) is 12.3 Å². The molecule has 126 valence electrons. The molecule has 4 nitrogen and oxygen atoms in total. The molecule has 2 aromatic rings. The van der Waals surface area contributed by atoms with Gasteiger partial charge in [0.25, 0.3) is 5.91 Å². The van der Waals surface area contributed by atoms with Crippen LogP contribution in [0.1, 0.15) is 15.9 Å². The lowest BCUT2D eigenvalue weighted by atomic mass is 10.1. The van der Waals surface area contributed by atoms with Crippen LogP contribution in [-0.2, 0) is 6.54 Å². The quantitative estimate of drug-likeness (QED) is 0.867. The van der Waals surface area contributed by atoms with Gasteiger partial charge in [0.2, 0.25) is 0 Å². The number of rotatable bonds is 4. The lowest BCUT2D eigenvalue weighted by molar-refractivity contribution is -0.917. The van der Waals surface area contributed by atoms with Gasteiger partial charge in [0.05, 0.1) is 33.3 Å². The number of piperazine rings is 1. The number of hydrogen-bond acceptors (Lipinski definition) is 2. The van der Waals surface area contributed by atoms with Crippen LogP contribution in [0.2, 0.25) is 0 Å². The molecule has 0 aromatic heterocycles. The number of nitrogens with one attached hydrogen (secondary N) is 1. The van der Waals surface area contributed by atoms with E-state index in [-0.39, 0.29) is 5.91 Å². The lowest BCUT2D eigenvalue weighted by Crippen LogP contribution is -3.13. The van der Waals surface area contributed by atoms with Gasteiger partial charge in [0, 0.05) is 15.6 Å². The molecule has 2 aromatic carbocycles. The molecular formula is C19H22BrN2O2+. The van der Waals surface area contributed by atoms with Gasteiger partial charge in [-0.25, -0.2) is 0 Å². The highest BCUT2D eigenvalue weighted by Crippen LogP contribution is 2.16. The first-order valence-corrected chi connectivity index (χ1v) is 8.97. The van der Waals surface area contributed by atoms with E-state index in [9.17, 15) is 4.79 Å². The van der Waals surface area contributed by atoms with Crippen LogP contribution in [0.15, 0.2) is 53.0 Å². The summed E-state index contributed by atoms with van der Waals surface area (Å²) < 4.78 is 6.37. The lowest BCUT2D eigenvalue weighted by Gasteiger charge is -2.32. The molecule has 1 saturated heterocycles. The number of nitrogens with zero attached hydrogens (tertiary/aromatic N) is 1. The third-order valence-electron chi connectivity index (χ3n) is 4.47. The molecule has 1 heterocycles. The summed E-state index contributed by atoms with van der Waals surface area (Å²) in [6, 6.07) is 15.7. The van der Waals surface area contributed by atoms with E-state index in [1.807, 2.05) is 35.2 Å². The van der Waals surface area contributed by atoms with E-state index in [0.717, 1.165) is 42.9 Å². The van der Waals surface area contributed by atoms with Crippen LogP contribution in [-0.4, -0.2) is 44.1 Å². The summed E-state index contributed by atoms with van der Waals surface area (Å²) in [4.78, 5) is 16.1. The second kappa shape index (κ2) is 7.81. The van der Waals surface area contributed by atoms with E-state index in [1.165, 1.54) is 10.5 Å². The van der Waals surface area contributed by atoms with Crippen molar-refractivity contribution < 1.29 is 14.4 Å². The molecule has 3 rings (SSSR count). The van der Waals surface area contributed by atoms with Gasteiger partial charge in [-0.05, 0) is 24.3 Å². The van der Waals surface area contributed by atoms with Crippen LogP contribution in [0.5, 0.6) is 5.75 Å². The van der Waals surface area contributed by atoms with Crippen molar-refractivity contribution in [2.45, 2.75) is 6.54 Å². The minimum Gasteiger partial charge on any atom is -0.497 e. The smallest absolute Gasteiger partial charge is 0.254 e. The number of ether oxygens (including phenoxy) is 1. The van der Waals surface area contributed by atoms with Crippen molar-refractivity contribution in [3.05, 3.63) is 64.1 Å². The van der Waals surface area contributed by atoms with E-state index in [0.29, 0.717) is 5.56 Å². The minimum atomic E-state index is 0.0915. The molecule has 0 unspecified atom stereocenters. The maximum Gasteiger partial charge on any atom is 0.254 e. The van der Waals surface area contributed by atoms with E-state index < -0.39 is 0 Å². The molecule has 5 heteroatoms. The molecule has 0 radical (unpaired) electrons. The predicted molar refractivity (Wildman–Crippen MR) is 97.4 cm³/mol. The van der Waals surface area contributed by atoms with E-state index in [1.54, 1.807) is 7.11 Å². The van der Waals surface area contributed by atoms with Crippen LogP contribution < -0.4 is 9.64 Å². The van der Waals surface area contributed by atoms with Crippen LogP contribution >= 0.6 is 15.9 Å². The molecule has 0 saturated carbocycles. The molecule has 0 aliphatic carbocycles. The van der Waals surface area contributed by atoms with Crippen molar-refractivity contribution in [2.75, 3.05) is 33.3 Å². The molecule has 24 heavy (non-hydrogen) atoms. The summed E-state index contributed by atoms with van der Waals surface area (Å²) in [5.41, 5.74) is 2.02. The number of quaternary nitrogens is 1. The third-order valence-corrected chi connectivity index (χ3v) is 5.25. The largest absolute Gasteiger partial charge is 0.497 e. The van der Waals surface area contributed by atoms with Crippen molar-refractivity contribution in [1.29, 1.82) is 0 Å². The average Bonchev–Trinajstić information content (AvgIpc) is 2.64. The Kier molecular flexibility index (Phi) is 5.53. The Balaban J connectivity index is 1.58. The SMILES string of the molecule is COc1cccc(C(=O)N2CC[NH+](Cc3ccccc3Br)CC2)c1. The molecule has 1 aliphatic heterocycles. The fourth-order valence-electron chi connectivity index (χ4n) is 3.05. The van der Waals surface area contributed by atoms with Crippen molar-refractivity contribution in [1.82, 2.24) is 4.90 Å². The number of amides is 1. The van der Waals surface area contributed by atoms with Crippen molar-refractivity contribution in [3.8, 4) is 5.75 Å². The highest BCUT2D eigenvalue weighted by molar-refractivity contribution is 9.10. The van der Waals surface area contributed by atoms with Crippen LogP contribution in [0.4, 0.5) is 0 Å². The zero-order valence-electron chi connectivity index (χ0n) is 13.8.